The number of nitrogens with one attached hydrogen (secondary N) is 2. The number of amides is 1. The quantitative estimate of drug-likeness (QED) is 0.351. The van der Waals surface area contributed by atoms with Gasteiger partial charge in [-0.15, -0.1) is 0 Å². The van der Waals surface area contributed by atoms with Crippen LogP contribution in [-0.2, 0) is 0 Å². The molecule has 4 N–H and O–H groups in total. The average Bonchev–Trinajstić information content (AvgIpc) is 3.59. The molecule has 1 saturated carbocycles. The van der Waals surface area contributed by atoms with Crippen LogP contribution in [0.15, 0.2) is 29.4 Å². The van der Waals surface area contributed by atoms with E-state index in [0.29, 0.717) is 40.2 Å². The fraction of sp³-hybridized carbons (Fsp3) is 0.440. The third kappa shape index (κ3) is 4.79. The maximum absolute atomic E-state index is 13.3. The van der Waals surface area contributed by atoms with Crippen LogP contribution < -0.4 is 26.0 Å². The number of nitrogens with zero attached hydrogens (tertiary/aromatic N) is 5. The van der Waals surface area contributed by atoms with Crippen LogP contribution >= 0.6 is 0 Å². The first kappa shape index (κ1) is 23.1. The summed E-state index contributed by atoms with van der Waals surface area (Å²) in [7, 11) is 3.26. The van der Waals surface area contributed by atoms with Crippen LogP contribution in [0.25, 0.3) is 5.65 Å². The predicted molar refractivity (Wildman–Crippen MR) is 142 cm³/mol. The van der Waals surface area contributed by atoms with E-state index >= 15 is 0 Å². The lowest BCUT2D eigenvalue weighted by molar-refractivity contribution is 0.102. The number of carbonyl (C=O) groups is 1. The summed E-state index contributed by atoms with van der Waals surface area (Å²) in [5.41, 5.74) is 10.2. The van der Waals surface area contributed by atoms with Gasteiger partial charge in [-0.3, -0.25) is 9.79 Å². The topological polar surface area (TPSA) is 122 Å². The van der Waals surface area contributed by atoms with Crippen molar-refractivity contribution in [3.05, 3.63) is 41.3 Å². The highest BCUT2D eigenvalue weighted by Crippen LogP contribution is 2.32. The fourth-order valence-electron chi connectivity index (χ4n) is 4.70. The van der Waals surface area contributed by atoms with Gasteiger partial charge in [0.25, 0.3) is 5.91 Å². The number of fused-ring (bicyclic) bond motifs is 1. The smallest absolute Gasteiger partial charge is 0.257 e. The van der Waals surface area contributed by atoms with Gasteiger partial charge >= 0.3 is 0 Å². The molecule has 1 aliphatic carbocycles. The summed E-state index contributed by atoms with van der Waals surface area (Å²) in [6, 6.07) is 6.78. The maximum atomic E-state index is 13.3. The van der Waals surface area contributed by atoms with Crippen LogP contribution in [-0.4, -0.2) is 66.1 Å². The van der Waals surface area contributed by atoms with Crippen molar-refractivity contribution < 1.29 is 12.4 Å². The highest BCUT2D eigenvalue weighted by molar-refractivity contribution is 6.12. The summed E-state index contributed by atoms with van der Waals surface area (Å²) in [5.74, 6) is 0.779. The lowest BCUT2D eigenvalue weighted by atomic mass is 10.00. The van der Waals surface area contributed by atoms with E-state index in [1.54, 1.807) is 43.2 Å². The summed E-state index contributed by atoms with van der Waals surface area (Å²) in [6.45, 7) is 3.69. The number of aliphatic imine (C=N–C) groups is 1. The van der Waals surface area contributed by atoms with Crippen LogP contribution in [0.4, 0.5) is 17.1 Å². The van der Waals surface area contributed by atoms with Crippen LogP contribution in [0.5, 0.6) is 5.75 Å². The van der Waals surface area contributed by atoms with Crippen molar-refractivity contribution in [1.29, 1.82) is 0 Å². The van der Waals surface area contributed by atoms with E-state index in [1.807, 2.05) is 13.0 Å². The lowest BCUT2D eigenvalue weighted by Crippen LogP contribution is -2.43. The number of methoxy groups -OCH3 is 1. The Morgan fingerprint density at radius 2 is 2.00 bits per heavy atom. The Kier molecular flexibility index (Phi) is 6.29. The summed E-state index contributed by atoms with van der Waals surface area (Å²) >= 11 is 0. The Morgan fingerprint density at radius 3 is 2.69 bits per heavy atom. The van der Waals surface area contributed by atoms with Gasteiger partial charge in [0.15, 0.2) is 11.4 Å². The number of rotatable bonds is 7. The molecule has 0 atom stereocenters. The summed E-state index contributed by atoms with van der Waals surface area (Å²) < 4.78 is 7.08. The molecule has 5 rings (SSSR count). The Labute approximate surface area is 207 Å². The number of aryl methyl sites for hydroxylation is 1. The molecule has 10 nitrogen and oxygen atoms in total. The molecule has 35 heavy (non-hydrogen) atoms. The van der Waals surface area contributed by atoms with E-state index in [-0.39, 0.29) is 8.76 Å². The number of carbonyl (C=O) groups excluding carboxylic acids is 1. The maximum Gasteiger partial charge on any atom is 0.257 e. The van der Waals surface area contributed by atoms with Crippen molar-refractivity contribution in [1.82, 2.24) is 19.9 Å². The minimum Gasteiger partial charge on any atom is -0.493 e. The normalized spacial score (nSPS) is 16.8. The van der Waals surface area contributed by atoms with Crippen molar-refractivity contribution in [2.75, 3.05) is 43.2 Å². The van der Waals surface area contributed by atoms with Crippen molar-refractivity contribution >= 4 is 34.8 Å². The zero-order valence-corrected chi connectivity index (χ0v) is 20.4. The second kappa shape index (κ2) is 9.53. The minimum atomic E-state index is -0.328. The number of hydrogen-bond acceptors (Lipinski definition) is 8. The standard InChI is InChI=1S/C25H32N8O2.2H2/c1-15-28-23-12-20(22(35-3)14-33(23)31-15)30-25(34)18-6-7-21(19(13-27-2)24(18)26)32-10-8-17(9-11-32)29-16-4-5-16;;/h6-7,12-14,16-17,29H,4-5,8-11,26H2,1-3H3,(H,30,34);2*1H. The lowest BCUT2D eigenvalue weighted by Gasteiger charge is -2.35. The molecule has 1 aromatic carbocycles. The van der Waals surface area contributed by atoms with E-state index in [0.717, 1.165) is 43.2 Å². The van der Waals surface area contributed by atoms with Crippen LogP contribution in [0.1, 0.15) is 50.3 Å². The highest BCUT2D eigenvalue weighted by Gasteiger charge is 2.28. The molecule has 1 aliphatic heterocycles. The molecular weight excluding hydrogens is 444 g/mol. The zero-order valence-electron chi connectivity index (χ0n) is 20.4. The van der Waals surface area contributed by atoms with Gasteiger partial charge in [0, 0.05) is 58.6 Å². The van der Waals surface area contributed by atoms with Crippen molar-refractivity contribution in [3.8, 4) is 5.75 Å². The van der Waals surface area contributed by atoms with Gasteiger partial charge in [-0.2, -0.15) is 5.10 Å². The number of benzene rings is 1. The number of hydrogen-bond donors (Lipinski definition) is 3. The molecule has 1 amide bonds. The van der Waals surface area contributed by atoms with Gasteiger partial charge in [-0.1, -0.05) is 0 Å². The van der Waals surface area contributed by atoms with Crippen molar-refractivity contribution in [2.45, 2.75) is 44.7 Å². The molecule has 188 valence electrons. The number of nitrogen functional groups attached to an aromatic ring is 1. The van der Waals surface area contributed by atoms with Gasteiger partial charge < -0.3 is 26.0 Å². The molecule has 2 aromatic heterocycles. The monoisotopic (exact) mass is 480 g/mol. The van der Waals surface area contributed by atoms with Crippen LogP contribution in [0.2, 0.25) is 0 Å². The summed E-state index contributed by atoms with van der Waals surface area (Å²) in [4.78, 5) is 24.2. The van der Waals surface area contributed by atoms with Crippen LogP contribution in [0, 0.1) is 6.92 Å². The second-order valence-corrected chi connectivity index (χ2v) is 9.22. The molecule has 3 aromatic rings. The SMILES string of the molecule is CN=Cc1c(N2CCC(NC3CC3)CC2)ccc(C(=O)Nc2cc3nc(C)nn3cc2OC)c1N.[HH].[HH]. The largest absolute Gasteiger partial charge is 0.493 e. The van der Waals surface area contributed by atoms with Crippen molar-refractivity contribution in [2.24, 2.45) is 4.99 Å². The van der Waals surface area contributed by atoms with Crippen molar-refractivity contribution in [3.63, 3.8) is 0 Å². The third-order valence-corrected chi connectivity index (χ3v) is 6.66. The first-order valence-corrected chi connectivity index (χ1v) is 12.0. The number of nitrogens with two attached hydrogens (primary N) is 1. The minimum absolute atomic E-state index is 0. The van der Waals surface area contributed by atoms with Gasteiger partial charge in [0.05, 0.1) is 30.2 Å². The number of pyridine rings is 1. The first-order chi connectivity index (χ1) is 17.0. The molecule has 0 radical (unpaired) electrons. The first-order valence-electron chi connectivity index (χ1n) is 12.0. The Morgan fingerprint density at radius 1 is 1.26 bits per heavy atom. The molecule has 1 saturated heterocycles. The summed E-state index contributed by atoms with van der Waals surface area (Å²) in [5, 5.41) is 11.0. The van der Waals surface area contributed by atoms with Gasteiger partial charge in [-0.25, -0.2) is 9.50 Å². The molecule has 0 spiro atoms. The van der Waals surface area contributed by atoms with E-state index in [1.165, 1.54) is 12.8 Å². The Hall–Kier alpha value is -3.66. The molecule has 3 heterocycles. The molecule has 2 fully saturated rings. The second-order valence-electron chi connectivity index (χ2n) is 9.22. The zero-order chi connectivity index (χ0) is 24.5. The molecule has 0 unspecified atom stereocenters. The summed E-state index contributed by atoms with van der Waals surface area (Å²) in [6.07, 6.45) is 8.21. The number of aromatic nitrogens is 3. The average molecular weight is 481 g/mol. The molecule has 10 heteroatoms. The number of piperidine rings is 1. The molecule has 0 bridgehead atoms. The fourth-order valence-corrected chi connectivity index (χ4v) is 4.70. The Bertz CT molecular complexity index is 1280. The van der Waals surface area contributed by atoms with E-state index in [4.69, 9.17) is 10.5 Å². The van der Waals surface area contributed by atoms with Gasteiger partial charge in [0.2, 0.25) is 0 Å². The van der Waals surface area contributed by atoms with Crippen LogP contribution in [0.3, 0.4) is 0 Å². The van der Waals surface area contributed by atoms with Gasteiger partial charge in [0.1, 0.15) is 5.82 Å². The Balaban J connectivity index is 0.00000190. The van der Waals surface area contributed by atoms with E-state index < -0.39 is 0 Å². The van der Waals surface area contributed by atoms with E-state index in [9.17, 15) is 4.79 Å². The molecule has 2 aliphatic rings. The third-order valence-electron chi connectivity index (χ3n) is 6.66. The van der Waals surface area contributed by atoms with Gasteiger partial charge in [-0.05, 0) is 44.7 Å². The highest BCUT2D eigenvalue weighted by atomic mass is 16.5. The van der Waals surface area contributed by atoms with E-state index in [2.05, 4.69) is 30.6 Å². The predicted octanol–water partition coefficient (Wildman–Crippen LogP) is 3.14. The number of anilines is 3. The molecular formula is C25H36N8O2. The number of ether oxygens (including phenoxy) is 1.